The lowest BCUT2D eigenvalue weighted by Gasteiger charge is -2.35. The number of nitrogens with zero attached hydrogens (tertiary/aromatic N) is 4. The molecule has 0 radical (unpaired) electrons. The molecule has 0 atom stereocenters. The number of carbonyl (C=O) groups is 1. The van der Waals surface area contributed by atoms with Crippen LogP contribution in [0.15, 0.2) is 24.3 Å². The average molecular weight is 369 g/mol. The number of hydrogen-bond acceptors (Lipinski definition) is 7. The summed E-state index contributed by atoms with van der Waals surface area (Å²) >= 11 is 0. The van der Waals surface area contributed by atoms with Crippen molar-refractivity contribution in [2.24, 2.45) is 0 Å². The molecule has 0 aliphatic carbocycles. The van der Waals surface area contributed by atoms with Crippen LogP contribution in [0.2, 0.25) is 0 Å². The van der Waals surface area contributed by atoms with Crippen LogP contribution in [0.1, 0.15) is 12.6 Å². The zero-order valence-corrected chi connectivity index (χ0v) is 15.6. The van der Waals surface area contributed by atoms with Crippen molar-refractivity contribution in [1.29, 1.82) is 0 Å². The van der Waals surface area contributed by atoms with Gasteiger partial charge in [0.15, 0.2) is 11.5 Å². The second kappa shape index (κ2) is 7.30. The maximum Gasteiger partial charge on any atom is 0.229 e. The SMILES string of the molecule is CC(=O)N1CCN(c2cc(C)nc(Nc3ccc4c(c3)OCCO4)n2)CC1. The highest BCUT2D eigenvalue weighted by molar-refractivity contribution is 5.73. The molecule has 2 aromatic rings. The van der Waals surface area contributed by atoms with E-state index >= 15 is 0 Å². The summed E-state index contributed by atoms with van der Waals surface area (Å²) in [5.74, 6) is 3.00. The second-order valence-corrected chi connectivity index (χ2v) is 6.67. The van der Waals surface area contributed by atoms with Gasteiger partial charge in [-0.2, -0.15) is 4.98 Å². The van der Waals surface area contributed by atoms with Gasteiger partial charge in [-0.1, -0.05) is 0 Å². The Balaban J connectivity index is 1.50. The van der Waals surface area contributed by atoms with E-state index in [-0.39, 0.29) is 5.91 Å². The molecule has 2 aliphatic rings. The Kier molecular flexibility index (Phi) is 4.70. The van der Waals surface area contributed by atoms with Gasteiger partial charge < -0.3 is 24.6 Å². The molecule has 1 amide bonds. The van der Waals surface area contributed by atoms with Gasteiger partial charge in [-0.05, 0) is 19.1 Å². The number of nitrogens with one attached hydrogen (secondary N) is 1. The zero-order valence-electron chi connectivity index (χ0n) is 15.6. The molecule has 1 N–H and O–H groups in total. The summed E-state index contributed by atoms with van der Waals surface area (Å²) in [4.78, 5) is 24.7. The molecule has 1 aromatic carbocycles. The largest absolute Gasteiger partial charge is 0.486 e. The normalized spacial score (nSPS) is 16.2. The first kappa shape index (κ1) is 17.4. The van der Waals surface area contributed by atoms with Crippen molar-refractivity contribution in [1.82, 2.24) is 14.9 Å². The smallest absolute Gasteiger partial charge is 0.229 e. The lowest BCUT2D eigenvalue weighted by Crippen LogP contribution is -2.48. The molecule has 0 saturated carbocycles. The molecule has 0 spiro atoms. The first-order valence-corrected chi connectivity index (χ1v) is 9.11. The van der Waals surface area contributed by atoms with Gasteiger partial charge in [-0.15, -0.1) is 0 Å². The summed E-state index contributed by atoms with van der Waals surface area (Å²) < 4.78 is 11.2. The summed E-state index contributed by atoms with van der Waals surface area (Å²) in [6.45, 7) is 7.63. The van der Waals surface area contributed by atoms with Gasteiger partial charge in [-0.3, -0.25) is 4.79 Å². The summed E-state index contributed by atoms with van der Waals surface area (Å²) in [5.41, 5.74) is 1.73. The lowest BCUT2D eigenvalue weighted by atomic mass is 10.2. The number of fused-ring (bicyclic) bond motifs is 1. The average Bonchev–Trinajstić information content (AvgIpc) is 2.67. The zero-order chi connectivity index (χ0) is 18.8. The van der Waals surface area contributed by atoms with Gasteiger partial charge in [0.05, 0.1) is 0 Å². The Bertz CT molecular complexity index is 849. The van der Waals surface area contributed by atoms with E-state index in [1.54, 1.807) is 6.92 Å². The van der Waals surface area contributed by atoms with E-state index in [4.69, 9.17) is 9.47 Å². The van der Waals surface area contributed by atoms with Gasteiger partial charge in [-0.25, -0.2) is 4.98 Å². The molecule has 0 unspecified atom stereocenters. The van der Waals surface area contributed by atoms with Crippen molar-refractivity contribution in [3.05, 3.63) is 30.0 Å². The molecule has 1 fully saturated rings. The third-order valence-corrected chi connectivity index (χ3v) is 4.69. The van der Waals surface area contributed by atoms with Gasteiger partial charge >= 0.3 is 0 Å². The van der Waals surface area contributed by atoms with Crippen molar-refractivity contribution in [3.63, 3.8) is 0 Å². The highest BCUT2D eigenvalue weighted by Crippen LogP contribution is 2.33. The minimum absolute atomic E-state index is 0.120. The van der Waals surface area contributed by atoms with Gasteiger partial charge in [0, 0.05) is 56.6 Å². The first-order chi connectivity index (χ1) is 13.1. The standard InChI is InChI=1S/C19H23N5O3/c1-13-11-18(24-7-5-23(6-8-24)14(2)25)22-19(20-13)21-15-3-4-16-17(12-15)27-10-9-26-16/h3-4,11-12H,5-10H2,1-2H3,(H,20,21,22). The molecule has 27 heavy (non-hydrogen) atoms. The van der Waals surface area contributed by atoms with Crippen molar-refractivity contribution >= 4 is 23.4 Å². The Labute approximate surface area is 158 Å². The van der Waals surface area contributed by atoms with Crippen molar-refractivity contribution in [2.75, 3.05) is 49.6 Å². The fourth-order valence-corrected chi connectivity index (χ4v) is 3.27. The number of aromatic nitrogens is 2. The Morgan fingerprint density at radius 3 is 2.52 bits per heavy atom. The van der Waals surface area contributed by atoms with Gasteiger partial charge in [0.25, 0.3) is 0 Å². The Hall–Kier alpha value is -3.03. The molecular weight excluding hydrogens is 346 g/mol. The maximum absolute atomic E-state index is 11.5. The summed E-state index contributed by atoms with van der Waals surface area (Å²) in [6.07, 6.45) is 0. The van der Waals surface area contributed by atoms with E-state index in [1.807, 2.05) is 36.1 Å². The molecule has 2 aliphatic heterocycles. The molecule has 0 bridgehead atoms. The molecule has 3 heterocycles. The highest BCUT2D eigenvalue weighted by Gasteiger charge is 2.20. The van der Waals surface area contributed by atoms with Crippen LogP contribution in [0.3, 0.4) is 0 Å². The summed E-state index contributed by atoms with van der Waals surface area (Å²) in [5, 5.41) is 3.25. The van der Waals surface area contributed by atoms with Crippen LogP contribution in [0.5, 0.6) is 11.5 Å². The second-order valence-electron chi connectivity index (χ2n) is 6.67. The molecule has 8 heteroatoms. The molecule has 142 valence electrons. The van der Waals surface area contributed by atoms with Crippen LogP contribution < -0.4 is 19.7 Å². The van der Waals surface area contributed by atoms with Crippen molar-refractivity contribution in [2.45, 2.75) is 13.8 Å². The van der Waals surface area contributed by atoms with E-state index in [0.29, 0.717) is 32.3 Å². The van der Waals surface area contributed by atoms with E-state index in [9.17, 15) is 4.79 Å². The minimum Gasteiger partial charge on any atom is -0.486 e. The number of ether oxygens (including phenoxy) is 2. The third-order valence-electron chi connectivity index (χ3n) is 4.69. The summed E-state index contributed by atoms with van der Waals surface area (Å²) in [6, 6.07) is 7.67. The highest BCUT2D eigenvalue weighted by atomic mass is 16.6. The third kappa shape index (κ3) is 3.89. The minimum atomic E-state index is 0.120. The Morgan fingerprint density at radius 1 is 1.04 bits per heavy atom. The maximum atomic E-state index is 11.5. The van der Waals surface area contributed by atoms with E-state index in [0.717, 1.165) is 41.8 Å². The molecule has 8 nitrogen and oxygen atoms in total. The van der Waals surface area contributed by atoms with Crippen LogP contribution in [0.25, 0.3) is 0 Å². The topological polar surface area (TPSA) is 79.8 Å². The number of rotatable bonds is 3. The van der Waals surface area contributed by atoms with Crippen LogP contribution in [0, 0.1) is 6.92 Å². The van der Waals surface area contributed by atoms with Gasteiger partial charge in [0.1, 0.15) is 19.0 Å². The quantitative estimate of drug-likeness (QED) is 0.886. The number of piperazine rings is 1. The fraction of sp³-hybridized carbons (Fsp3) is 0.421. The van der Waals surface area contributed by atoms with Gasteiger partial charge in [0.2, 0.25) is 11.9 Å². The summed E-state index contributed by atoms with van der Waals surface area (Å²) in [7, 11) is 0. The van der Waals surface area contributed by atoms with Crippen LogP contribution in [-0.2, 0) is 4.79 Å². The van der Waals surface area contributed by atoms with Crippen LogP contribution in [-0.4, -0.2) is 60.2 Å². The lowest BCUT2D eigenvalue weighted by molar-refractivity contribution is -0.129. The van der Waals surface area contributed by atoms with Crippen molar-refractivity contribution < 1.29 is 14.3 Å². The molecular formula is C19H23N5O3. The van der Waals surface area contributed by atoms with Crippen molar-refractivity contribution in [3.8, 4) is 11.5 Å². The first-order valence-electron chi connectivity index (χ1n) is 9.11. The number of anilines is 3. The predicted octanol–water partition coefficient (Wildman–Crippen LogP) is 1.97. The number of benzene rings is 1. The van der Waals surface area contributed by atoms with E-state index in [1.165, 1.54) is 0 Å². The van der Waals surface area contributed by atoms with E-state index in [2.05, 4.69) is 20.2 Å². The Morgan fingerprint density at radius 2 is 1.78 bits per heavy atom. The predicted molar refractivity (Wildman–Crippen MR) is 102 cm³/mol. The van der Waals surface area contributed by atoms with E-state index < -0.39 is 0 Å². The molecule has 1 saturated heterocycles. The number of carbonyl (C=O) groups excluding carboxylic acids is 1. The molecule has 4 rings (SSSR count). The number of aryl methyl sites for hydroxylation is 1. The fourth-order valence-electron chi connectivity index (χ4n) is 3.27. The monoisotopic (exact) mass is 369 g/mol. The number of amides is 1. The number of hydrogen-bond donors (Lipinski definition) is 1. The molecule has 1 aromatic heterocycles. The van der Waals surface area contributed by atoms with Crippen LogP contribution in [0.4, 0.5) is 17.5 Å². The van der Waals surface area contributed by atoms with Crippen LogP contribution >= 0.6 is 0 Å².